The number of rotatable bonds is 6. The van der Waals surface area contributed by atoms with Crippen molar-refractivity contribution in [2.45, 2.75) is 12.8 Å². The summed E-state index contributed by atoms with van der Waals surface area (Å²) in [4.78, 5) is 13.3. The van der Waals surface area contributed by atoms with Crippen molar-refractivity contribution < 1.29 is 13.6 Å². The molecule has 19 heavy (non-hydrogen) atoms. The quantitative estimate of drug-likeness (QED) is 0.870. The van der Waals surface area contributed by atoms with E-state index in [0.717, 1.165) is 18.2 Å². The minimum atomic E-state index is -0.484. The molecule has 0 unspecified atom stereocenters. The predicted molar refractivity (Wildman–Crippen MR) is 73.5 cm³/mol. The lowest BCUT2D eigenvalue weighted by Crippen LogP contribution is -2.32. The van der Waals surface area contributed by atoms with E-state index in [1.807, 2.05) is 0 Å². The van der Waals surface area contributed by atoms with Crippen molar-refractivity contribution in [1.29, 1.82) is 0 Å². The van der Waals surface area contributed by atoms with Gasteiger partial charge in [-0.2, -0.15) is 0 Å². The standard InChI is InChI=1S/C13H18F2N2O.ClH/c1-16-7-8-17(2)13(18)6-3-10-9-11(14)4-5-12(10)15;/h4-5,9,16H,3,6-8H2,1-2H3;1H. The van der Waals surface area contributed by atoms with E-state index in [0.29, 0.717) is 13.1 Å². The van der Waals surface area contributed by atoms with Crippen LogP contribution in [-0.4, -0.2) is 38.0 Å². The molecule has 0 aliphatic carbocycles. The second-order valence-electron chi connectivity index (χ2n) is 4.15. The Morgan fingerprint density at radius 3 is 2.68 bits per heavy atom. The summed E-state index contributed by atoms with van der Waals surface area (Å²) >= 11 is 0. The summed E-state index contributed by atoms with van der Waals surface area (Å²) in [6.45, 7) is 1.30. The molecule has 0 fully saturated rings. The Balaban J connectivity index is 0.00000324. The van der Waals surface area contributed by atoms with E-state index < -0.39 is 11.6 Å². The van der Waals surface area contributed by atoms with Crippen LogP contribution in [0.3, 0.4) is 0 Å². The lowest BCUT2D eigenvalue weighted by molar-refractivity contribution is -0.129. The summed E-state index contributed by atoms with van der Waals surface area (Å²) < 4.78 is 26.2. The van der Waals surface area contributed by atoms with E-state index in [9.17, 15) is 13.6 Å². The summed E-state index contributed by atoms with van der Waals surface area (Å²) in [6.07, 6.45) is 0.396. The molecule has 0 aliphatic rings. The zero-order chi connectivity index (χ0) is 13.5. The molecule has 3 nitrogen and oxygen atoms in total. The van der Waals surface area contributed by atoms with Gasteiger partial charge in [0.05, 0.1) is 0 Å². The van der Waals surface area contributed by atoms with Crippen LogP contribution in [0, 0.1) is 11.6 Å². The predicted octanol–water partition coefficient (Wildman–Crippen LogP) is 2.00. The van der Waals surface area contributed by atoms with Crippen molar-refractivity contribution in [2.24, 2.45) is 0 Å². The van der Waals surface area contributed by atoms with Crippen LogP contribution in [0.1, 0.15) is 12.0 Å². The van der Waals surface area contributed by atoms with Gasteiger partial charge in [0, 0.05) is 26.6 Å². The first-order chi connectivity index (χ1) is 8.54. The van der Waals surface area contributed by atoms with Gasteiger partial charge in [-0.25, -0.2) is 8.78 Å². The average molecular weight is 293 g/mol. The van der Waals surface area contributed by atoms with E-state index in [-0.39, 0.29) is 36.7 Å². The van der Waals surface area contributed by atoms with E-state index >= 15 is 0 Å². The molecular weight excluding hydrogens is 274 g/mol. The number of likely N-dealkylation sites (N-methyl/N-ethyl adjacent to an activating group) is 2. The van der Waals surface area contributed by atoms with Gasteiger partial charge in [-0.1, -0.05) is 0 Å². The SMILES string of the molecule is CNCCN(C)C(=O)CCc1cc(F)ccc1F.Cl. The molecule has 6 heteroatoms. The minimum absolute atomic E-state index is 0. The molecule has 0 aliphatic heterocycles. The van der Waals surface area contributed by atoms with Crippen molar-refractivity contribution in [1.82, 2.24) is 10.2 Å². The fourth-order valence-corrected chi connectivity index (χ4v) is 1.57. The van der Waals surface area contributed by atoms with Crippen LogP contribution in [0.5, 0.6) is 0 Å². The lowest BCUT2D eigenvalue weighted by Gasteiger charge is -2.16. The molecule has 0 atom stereocenters. The first-order valence-electron chi connectivity index (χ1n) is 5.87. The van der Waals surface area contributed by atoms with Crippen LogP contribution >= 0.6 is 12.4 Å². The third-order valence-corrected chi connectivity index (χ3v) is 2.74. The Kier molecular flexibility index (Phi) is 8.27. The topological polar surface area (TPSA) is 32.3 Å². The lowest BCUT2D eigenvalue weighted by atomic mass is 10.1. The molecule has 1 aromatic carbocycles. The Hall–Kier alpha value is -1.20. The highest BCUT2D eigenvalue weighted by Crippen LogP contribution is 2.12. The molecule has 1 amide bonds. The van der Waals surface area contributed by atoms with Gasteiger partial charge < -0.3 is 10.2 Å². The highest BCUT2D eigenvalue weighted by atomic mass is 35.5. The normalized spacial score (nSPS) is 9.89. The molecule has 108 valence electrons. The van der Waals surface area contributed by atoms with Gasteiger partial charge >= 0.3 is 0 Å². The molecule has 0 spiro atoms. The van der Waals surface area contributed by atoms with Crippen molar-refractivity contribution in [3.05, 3.63) is 35.4 Å². The van der Waals surface area contributed by atoms with Gasteiger partial charge in [-0.15, -0.1) is 12.4 Å². The Bertz CT molecular complexity index is 416. The number of nitrogens with zero attached hydrogens (tertiary/aromatic N) is 1. The molecule has 1 aromatic rings. The number of carbonyl (C=O) groups excluding carboxylic acids is 1. The van der Waals surface area contributed by atoms with Crippen LogP contribution < -0.4 is 5.32 Å². The average Bonchev–Trinajstić information content (AvgIpc) is 2.36. The molecule has 0 bridgehead atoms. The Morgan fingerprint density at radius 1 is 1.37 bits per heavy atom. The van der Waals surface area contributed by atoms with Crippen LogP contribution in [0.2, 0.25) is 0 Å². The molecule has 0 radical (unpaired) electrons. The maximum Gasteiger partial charge on any atom is 0.222 e. The van der Waals surface area contributed by atoms with Crippen molar-refractivity contribution in [2.75, 3.05) is 27.2 Å². The third kappa shape index (κ3) is 5.98. The zero-order valence-electron chi connectivity index (χ0n) is 11.1. The molecule has 1 rings (SSSR count). The van der Waals surface area contributed by atoms with E-state index in [1.54, 1.807) is 19.0 Å². The maximum absolute atomic E-state index is 13.3. The number of halogens is 3. The van der Waals surface area contributed by atoms with E-state index in [1.165, 1.54) is 0 Å². The Morgan fingerprint density at radius 2 is 2.05 bits per heavy atom. The van der Waals surface area contributed by atoms with E-state index in [2.05, 4.69) is 5.32 Å². The smallest absolute Gasteiger partial charge is 0.222 e. The highest BCUT2D eigenvalue weighted by Gasteiger charge is 2.10. The largest absolute Gasteiger partial charge is 0.344 e. The molecule has 1 N–H and O–H groups in total. The molecule has 0 heterocycles. The first kappa shape index (κ1) is 17.8. The summed E-state index contributed by atoms with van der Waals surface area (Å²) in [5.74, 6) is -1.03. The first-order valence-corrected chi connectivity index (χ1v) is 5.87. The summed E-state index contributed by atoms with van der Waals surface area (Å²) in [5.41, 5.74) is 0.241. The highest BCUT2D eigenvalue weighted by molar-refractivity contribution is 5.85. The number of hydrogen-bond donors (Lipinski definition) is 1. The second-order valence-corrected chi connectivity index (χ2v) is 4.15. The molecule has 0 saturated heterocycles. The summed E-state index contributed by atoms with van der Waals surface area (Å²) in [7, 11) is 3.50. The van der Waals surface area contributed by atoms with Gasteiger partial charge in [0.2, 0.25) is 5.91 Å². The number of benzene rings is 1. The number of amides is 1. The third-order valence-electron chi connectivity index (χ3n) is 2.74. The van der Waals surface area contributed by atoms with Crippen molar-refractivity contribution in [3.63, 3.8) is 0 Å². The van der Waals surface area contributed by atoms with Gasteiger partial charge in [0.25, 0.3) is 0 Å². The van der Waals surface area contributed by atoms with Crippen molar-refractivity contribution >= 4 is 18.3 Å². The Labute approximate surface area is 118 Å². The van der Waals surface area contributed by atoms with E-state index in [4.69, 9.17) is 0 Å². The number of carbonyl (C=O) groups is 1. The van der Waals surface area contributed by atoms with Crippen molar-refractivity contribution in [3.8, 4) is 0 Å². The number of nitrogens with one attached hydrogen (secondary N) is 1. The maximum atomic E-state index is 13.3. The summed E-state index contributed by atoms with van der Waals surface area (Å²) in [6, 6.07) is 3.29. The number of aryl methyl sites for hydroxylation is 1. The van der Waals surface area contributed by atoms with Gasteiger partial charge in [0.1, 0.15) is 11.6 Å². The summed E-state index contributed by atoms with van der Waals surface area (Å²) in [5, 5.41) is 2.94. The minimum Gasteiger partial charge on any atom is -0.344 e. The number of hydrogen-bond acceptors (Lipinski definition) is 2. The van der Waals surface area contributed by atoms with Crippen LogP contribution in [-0.2, 0) is 11.2 Å². The zero-order valence-corrected chi connectivity index (χ0v) is 11.9. The monoisotopic (exact) mass is 292 g/mol. The van der Waals surface area contributed by atoms with Gasteiger partial charge in [-0.3, -0.25) is 4.79 Å². The van der Waals surface area contributed by atoms with Crippen LogP contribution in [0.15, 0.2) is 18.2 Å². The van der Waals surface area contributed by atoms with Crippen LogP contribution in [0.25, 0.3) is 0 Å². The molecule has 0 saturated carbocycles. The van der Waals surface area contributed by atoms with Gasteiger partial charge in [-0.05, 0) is 37.2 Å². The fourth-order valence-electron chi connectivity index (χ4n) is 1.57. The molecule has 0 aromatic heterocycles. The second kappa shape index (κ2) is 8.82. The molecular formula is C13H19ClF2N2O. The van der Waals surface area contributed by atoms with Gasteiger partial charge in [0.15, 0.2) is 0 Å². The fraction of sp³-hybridized carbons (Fsp3) is 0.462. The van der Waals surface area contributed by atoms with Crippen LogP contribution in [0.4, 0.5) is 8.78 Å².